The zero-order chi connectivity index (χ0) is 14.9. The Balaban J connectivity index is 2.53. The highest BCUT2D eigenvalue weighted by Gasteiger charge is 2.24. The summed E-state index contributed by atoms with van der Waals surface area (Å²) in [5.74, 6) is 1.59. The van der Waals surface area contributed by atoms with Gasteiger partial charge >= 0.3 is 0 Å². The molecule has 0 amide bonds. The fraction of sp³-hybridized carbons (Fsp3) is 0.600. The Morgan fingerprint density at radius 1 is 1.25 bits per heavy atom. The Morgan fingerprint density at radius 3 is 2.55 bits per heavy atom. The number of hydrogen-bond donors (Lipinski definition) is 0. The molecule has 0 unspecified atom stereocenters. The third kappa shape index (κ3) is 2.96. The monoisotopic (exact) mass is 294 g/mol. The minimum Gasteiger partial charge on any atom is -0.311 e. The SMILES string of the molecule is Cc1ccc2nc(CCCl)n(CC(C)(C)N(C)C)c2n1. The second kappa shape index (κ2) is 5.70. The average molecular weight is 295 g/mol. The van der Waals surface area contributed by atoms with E-state index < -0.39 is 0 Å². The number of aromatic nitrogens is 3. The van der Waals surface area contributed by atoms with Crippen molar-refractivity contribution in [3.8, 4) is 0 Å². The number of pyridine rings is 1. The first-order valence-corrected chi connectivity index (χ1v) is 7.45. The van der Waals surface area contributed by atoms with Crippen LogP contribution in [0.1, 0.15) is 25.4 Å². The summed E-state index contributed by atoms with van der Waals surface area (Å²) in [5, 5.41) is 0. The Labute approximate surface area is 125 Å². The highest BCUT2D eigenvalue weighted by molar-refractivity contribution is 6.17. The largest absolute Gasteiger partial charge is 0.311 e. The molecule has 5 heteroatoms. The van der Waals surface area contributed by atoms with Crippen molar-refractivity contribution in [2.24, 2.45) is 0 Å². The van der Waals surface area contributed by atoms with Crippen molar-refractivity contribution in [3.63, 3.8) is 0 Å². The highest BCUT2D eigenvalue weighted by atomic mass is 35.5. The van der Waals surface area contributed by atoms with Gasteiger partial charge in [0.2, 0.25) is 0 Å². The van der Waals surface area contributed by atoms with Gasteiger partial charge in [0.25, 0.3) is 0 Å². The third-order valence-corrected chi connectivity index (χ3v) is 4.07. The van der Waals surface area contributed by atoms with Gasteiger partial charge in [-0.2, -0.15) is 0 Å². The summed E-state index contributed by atoms with van der Waals surface area (Å²) in [6.07, 6.45) is 0.764. The molecular weight excluding hydrogens is 272 g/mol. The number of aryl methyl sites for hydroxylation is 2. The molecule has 4 nitrogen and oxygen atoms in total. The molecule has 2 aromatic rings. The fourth-order valence-electron chi connectivity index (χ4n) is 2.11. The lowest BCUT2D eigenvalue weighted by Gasteiger charge is -2.33. The van der Waals surface area contributed by atoms with E-state index in [0.717, 1.165) is 35.6 Å². The van der Waals surface area contributed by atoms with E-state index in [9.17, 15) is 0 Å². The number of imidazole rings is 1. The predicted molar refractivity (Wildman–Crippen MR) is 84.5 cm³/mol. The maximum Gasteiger partial charge on any atom is 0.160 e. The molecule has 0 atom stereocenters. The molecule has 0 aromatic carbocycles. The van der Waals surface area contributed by atoms with Gasteiger partial charge in [-0.05, 0) is 47.0 Å². The van der Waals surface area contributed by atoms with Crippen LogP contribution in [0.5, 0.6) is 0 Å². The Kier molecular flexibility index (Phi) is 4.35. The second-order valence-electron chi connectivity index (χ2n) is 6.06. The summed E-state index contributed by atoms with van der Waals surface area (Å²) in [6, 6.07) is 4.04. The van der Waals surface area contributed by atoms with Crippen LogP contribution in [0.4, 0.5) is 0 Å². The molecule has 0 spiro atoms. The van der Waals surface area contributed by atoms with E-state index in [-0.39, 0.29) is 5.54 Å². The number of likely N-dealkylation sites (N-methyl/N-ethyl adjacent to an activating group) is 1. The van der Waals surface area contributed by atoms with Crippen LogP contribution in [0.15, 0.2) is 12.1 Å². The van der Waals surface area contributed by atoms with E-state index in [1.807, 2.05) is 19.1 Å². The van der Waals surface area contributed by atoms with Crippen LogP contribution in [0.3, 0.4) is 0 Å². The molecule has 0 fully saturated rings. The molecule has 0 saturated carbocycles. The average Bonchev–Trinajstić information content (AvgIpc) is 2.67. The minimum absolute atomic E-state index is 0.0279. The zero-order valence-electron chi connectivity index (χ0n) is 12.9. The normalized spacial score (nSPS) is 12.6. The molecule has 0 aliphatic heterocycles. The molecule has 110 valence electrons. The summed E-state index contributed by atoms with van der Waals surface area (Å²) >= 11 is 5.92. The van der Waals surface area contributed by atoms with Crippen molar-refractivity contribution in [3.05, 3.63) is 23.7 Å². The standard InChI is InChI=1S/C15H23ClN4/c1-11-6-7-12-14(17-11)20(13(18-12)8-9-16)10-15(2,3)19(4)5/h6-7H,8-10H2,1-5H3. The van der Waals surface area contributed by atoms with Gasteiger partial charge in [-0.1, -0.05) is 0 Å². The van der Waals surface area contributed by atoms with E-state index >= 15 is 0 Å². The first kappa shape index (κ1) is 15.3. The number of halogens is 1. The van der Waals surface area contributed by atoms with Gasteiger partial charge in [0.1, 0.15) is 11.3 Å². The summed E-state index contributed by atoms with van der Waals surface area (Å²) in [4.78, 5) is 11.6. The predicted octanol–water partition coefficient (Wildman–Crippen LogP) is 2.86. The maximum absolute atomic E-state index is 5.92. The van der Waals surface area contributed by atoms with Crippen molar-refractivity contribution in [1.82, 2.24) is 19.4 Å². The molecule has 2 rings (SSSR count). The number of rotatable bonds is 5. The lowest BCUT2D eigenvalue weighted by molar-refractivity contribution is 0.169. The molecule has 0 N–H and O–H groups in total. The van der Waals surface area contributed by atoms with Crippen LogP contribution < -0.4 is 0 Å². The molecular formula is C15H23ClN4. The van der Waals surface area contributed by atoms with Gasteiger partial charge in [-0.25, -0.2) is 9.97 Å². The van der Waals surface area contributed by atoms with Crippen LogP contribution in [-0.4, -0.2) is 44.9 Å². The van der Waals surface area contributed by atoms with E-state index in [0.29, 0.717) is 5.88 Å². The molecule has 2 heterocycles. The zero-order valence-corrected chi connectivity index (χ0v) is 13.7. The van der Waals surface area contributed by atoms with E-state index in [2.05, 4.69) is 47.4 Å². The van der Waals surface area contributed by atoms with Crippen molar-refractivity contribution >= 4 is 22.8 Å². The van der Waals surface area contributed by atoms with Crippen LogP contribution in [0.2, 0.25) is 0 Å². The van der Waals surface area contributed by atoms with Crippen molar-refractivity contribution in [2.45, 2.75) is 39.3 Å². The van der Waals surface area contributed by atoms with Crippen LogP contribution in [0.25, 0.3) is 11.2 Å². The van der Waals surface area contributed by atoms with Gasteiger partial charge in [-0.15, -0.1) is 11.6 Å². The number of nitrogens with zero attached hydrogens (tertiary/aromatic N) is 4. The van der Waals surface area contributed by atoms with Gasteiger partial charge < -0.3 is 9.47 Å². The maximum atomic E-state index is 5.92. The van der Waals surface area contributed by atoms with E-state index in [4.69, 9.17) is 11.6 Å². The number of fused-ring (bicyclic) bond motifs is 1. The second-order valence-corrected chi connectivity index (χ2v) is 6.43. The highest BCUT2D eigenvalue weighted by Crippen LogP contribution is 2.21. The van der Waals surface area contributed by atoms with Crippen molar-refractivity contribution in [2.75, 3.05) is 20.0 Å². The molecule has 0 radical (unpaired) electrons. The van der Waals surface area contributed by atoms with Gasteiger partial charge in [-0.3, -0.25) is 0 Å². The topological polar surface area (TPSA) is 34.0 Å². The molecule has 0 aliphatic rings. The summed E-state index contributed by atoms with van der Waals surface area (Å²) < 4.78 is 2.21. The number of hydrogen-bond acceptors (Lipinski definition) is 3. The summed E-state index contributed by atoms with van der Waals surface area (Å²) in [7, 11) is 4.19. The molecule has 2 aromatic heterocycles. The minimum atomic E-state index is 0.0279. The lowest BCUT2D eigenvalue weighted by atomic mass is 10.0. The van der Waals surface area contributed by atoms with Crippen molar-refractivity contribution in [1.29, 1.82) is 0 Å². The summed E-state index contributed by atoms with van der Waals surface area (Å²) in [5.41, 5.74) is 2.95. The van der Waals surface area contributed by atoms with Crippen LogP contribution in [0, 0.1) is 6.92 Å². The Hall–Kier alpha value is -1.13. The summed E-state index contributed by atoms with van der Waals surface area (Å²) in [6.45, 7) is 7.30. The molecule has 0 saturated heterocycles. The quantitative estimate of drug-likeness (QED) is 0.795. The number of alkyl halides is 1. The van der Waals surface area contributed by atoms with Crippen LogP contribution >= 0.6 is 11.6 Å². The smallest absolute Gasteiger partial charge is 0.160 e. The van der Waals surface area contributed by atoms with Gasteiger partial charge in [0.05, 0.1) is 0 Å². The molecule has 0 aliphatic carbocycles. The Bertz CT molecular complexity index is 601. The first-order chi connectivity index (χ1) is 9.35. The van der Waals surface area contributed by atoms with Crippen LogP contribution in [-0.2, 0) is 13.0 Å². The molecule has 0 bridgehead atoms. The first-order valence-electron chi connectivity index (χ1n) is 6.91. The van der Waals surface area contributed by atoms with E-state index in [1.54, 1.807) is 0 Å². The van der Waals surface area contributed by atoms with E-state index in [1.165, 1.54) is 0 Å². The van der Waals surface area contributed by atoms with Gasteiger partial charge in [0, 0.05) is 30.1 Å². The van der Waals surface area contributed by atoms with Crippen molar-refractivity contribution < 1.29 is 0 Å². The molecule has 20 heavy (non-hydrogen) atoms. The fourth-order valence-corrected chi connectivity index (χ4v) is 2.28. The van der Waals surface area contributed by atoms with Gasteiger partial charge in [0.15, 0.2) is 5.65 Å². The lowest BCUT2D eigenvalue weighted by Crippen LogP contribution is -2.42. The Morgan fingerprint density at radius 2 is 1.95 bits per heavy atom. The third-order valence-electron chi connectivity index (χ3n) is 3.88.